The van der Waals surface area contributed by atoms with Crippen LogP contribution in [0.3, 0.4) is 0 Å². The van der Waals surface area contributed by atoms with E-state index in [0.29, 0.717) is 0 Å². The molecule has 100 valence electrons. The standard InChI is InChI=1S/C15H23NO2/c1-12(18)14-8-4-5-9-15(14)16-10-6-2-3-7-13(16)11-17/h4-5,8-9,12-13,17-18H,2-3,6-7,10-11H2,1H3. The van der Waals surface area contributed by atoms with Crippen LogP contribution in [0.2, 0.25) is 0 Å². The van der Waals surface area contributed by atoms with Crippen LogP contribution in [0.5, 0.6) is 0 Å². The largest absolute Gasteiger partial charge is 0.394 e. The summed E-state index contributed by atoms with van der Waals surface area (Å²) in [6, 6.07) is 8.17. The Labute approximate surface area is 109 Å². The van der Waals surface area contributed by atoms with Gasteiger partial charge in [0.25, 0.3) is 0 Å². The van der Waals surface area contributed by atoms with Crippen LogP contribution in [-0.2, 0) is 0 Å². The molecule has 0 aromatic heterocycles. The molecule has 2 unspecified atom stereocenters. The van der Waals surface area contributed by atoms with Gasteiger partial charge in [0.1, 0.15) is 0 Å². The molecule has 0 bridgehead atoms. The molecule has 0 aliphatic carbocycles. The Morgan fingerprint density at radius 1 is 1.28 bits per heavy atom. The van der Waals surface area contributed by atoms with Crippen molar-refractivity contribution in [2.75, 3.05) is 18.1 Å². The third-order valence-electron chi connectivity index (χ3n) is 3.78. The molecular weight excluding hydrogens is 226 g/mol. The van der Waals surface area contributed by atoms with Gasteiger partial charge in [-0.3, -0.25) is 0 Å². The van der Waals surface area contributed by atoms with Crippen molar-refractivity contribution in [2.45, 2.75) is 44.8 Å². The van der Waals surface area contributed by atoms with Gasteiger partial charge >= 0.3 is 0 Å². The molecule has 1 aliphatic heterocycles. The van der Waals surface area contributed by atoms with E-state index in [0.717, 1.165) is 30.6 Å². The lowest BCUT2D eigenvalue weighted by atomic mass is 10.0. The topological polar surface area (TPSA) is 43.7 Å². The molecule has 18 heavy (non-hydrogen) atoms. The van der Waals surface area contributed by atoms with E-state index in [1.54, 1.807) is 6.92 Å². The summed E-state index contributed by atoms with van der Waals surface area (Å²) in [7, 11) is 0. The molecule has 2 rings (SSSR count). The minimum atomic E-state index is -0.469. The number of hydrogen-bond donors (Lipinski definition) is 2. The average Bonchev–Trinajstić information content (AvgIpc) is 2.63. The van der Waals surface area contributed by atoms with Crippen molar-refractivity contribution in [2.24, 2.45) is 0 Å². The lowest BCUT2D eigenvalue weighted by molar-refractivity contribution is 0.199. The Balaban J connectivity index is 2.32. The van der Waals surface area contributed by atoms with Crippen molar-refractivity contribution in [1.29, 1.82) is 0 Å². The predicted octanol–water partition coefficient (Wildman–Crippen LogP) is 2.48. The first-order valence-electron chi connectivity index (χ1n) is 6.88. The summed E-state index contributed by atoms with van der Waals surface area (Å²) in [5.41, 5.74) is 2.03. The van der Waals surface area contributed by atoms with Crippen molar-refractivity contribution < 1.29 is 10.2 Å². The van der Waals surface area contributed by atoms with Crippen LogP contribution in [0.4, 0.5) is 5.69 Å². The molecule has 0 amide bonds. The molecule has 1 saturated heterocycles. The summed E-state index contributed by atoms with van der Waals surface area (Å²) in [6.07, 6.45) is 4.13. The van der Waals surface area contributed by atoms with Crippen molar-refractivity contribution in [3.8, 4) is 0 Å². The molecular formula is C15H23NO2. The van der Waals surface area contributed by atoms with Gasteiger partial charge in [-0.05, 0) is 25.8 Å². The molecule has 1 fully saturated rings. The zero-order chi connectivity index (χ0) is 13.0. The summed E-state index contributed by atoms with van der Waals surface area (Å²) >= 11 is 0. The van der Waals surface area contributed by atoms with Gasteiger partial charge < -0.3 is 15.1 Å². The second-order valence-electron chi connectivity index (χ2n) is 5.11. The highest BCUT2D eigenvalue weighted by Gasteiger charge is 2.23. The number of anilines is 1. The number of para-hydroxylation sites is 1. The zero-order valence-corrected chi connectivity index (χ0v) is 11.0. The van der Waals surface area contributed by atoms with Crippen molar-refractivity contribution in [1.82, 2.24) is 0 Å². The van der Waals surface area contributed by atoms with Gasteiger partial charge in [-0.15, -0.1) is 0 Å². The van der Waals surface area contributed by atoms with E-state index >= 15 is 0 Å². The van der Waals surface area contributed by atoms with E-state index in [1.807, 2.05) is 18.2 Å². The van der Waals surface area contributed by atoms with Gasteiger partial charge in [-0.25, -0.2) is 0 Å². The SMILES string of the molecule is CC(O)c1ccccc1N1CCCCCC1CO. The summed E-state index contributed by atoms with van der Waals surface area (Å²) in [5.74, 6) is 0. The van der Waals surface area contributed by atoms with Crippen LogP contribution in [0.15, 0.2) is 24.3 Å². The van der Waals surface area contributed by atoms with E-state index in [1.165, 1.54) is 12.8 Å². The molecule has 1 aromatic carbocycles. The van der Waals surface area contributed by atoms with Crippen LogP contribution < -0.4 is 4.90 Å². The number of aliphatic hydroxyl groups is 2. The minimum absolute atomic E-state index is 0.187. The monoisotopic (exact) mass is 249 g/mol. The van der Waals surface area contributed by atoms with Crippen LogP contribution in [-0.4, -0.2) is 29.4 Å². The quantitative estimate of drug-likeness (QED) is 0.865. The number of nitrogens with zero attached hydrogens (tertiary/aromatic N) is 1. The highest BCUT2D eigenvalue weighted by atomic mass is 16.3. The molecule has 1 aliphatic rings. The zero-order valence-electron chi connectivity index (χ0n) is 11.0. The van der Waals surface area contributed by atoms with Gasteiger partial charge in [0, 0.05) is 17.8 Å². The first-order chi connectivity index (χ1) is 8.74. The van der Waals surface area contributed by atoms with Crippen molar-refractivity contribution >= 4 is 5.69 Å². The molecule has 1 heterocycles. The molecule has 0 saturated carbocycles. The predicted molar refractivity (Wildman–Crippen MR) is 73.8 cm³/mol. The van der Waals surface area contributed by atoms with E-state index in [9.17, 15) is 10.2 Å². The number of rotatable bonds is 3. The van der Waals surface area contributed by atoms with E-state index < -0.39 is 6.10 Å². The Hall–Kier alpha value is -1.06. The third-order valence-corrected chi connectivity index (χ3v) is 3.78. The highest BCUT2D eigenvalue weighted by Crippen LogP contribution is 2.30. The minimum Gasteiger partial charge on any atom is -0.394 e. The first kappa shape index (κ1) is 13.4. The Kier molecular flexibility index (Phi) is 4.61. The van der Waals surface area contributed by atoms with E-state index in [2.05, 4.69) is 11.0 Å². The maximum absolute atomic E-state index is 9.88. The normalized spacial score (nSPS) is 22.6. The van der Waals surface area contributed by atoms with Crippen LogP contribution in [0, 0.1) is 0 Å². The lowest BCUT2D eigenvalue weighted by Crippen LogP contribution is -2.38. The number of aliphatic hydroxyl groups excluding tert-OH is 2. The van der Waals surface area contributed by atoms with Gasteiger partial charge in [0.2, 0.25) is 0 Å². The summed E-state index contributed by atoms with van der Waals surface area (Å²) in [4.78, 5) is 2.27. The third kappa shape index (κ3) is 2.85. The molecule has 3 heteroatoms. The van der Waals surface area contributed by atoms with Crippen LogP contribution in [0.25, 0.3) is 0 Å². The fourth-order valence-corrected chi connectivity index (χ4v) is 2.79. The maximum atomic E-state index is 9.88. The molecule has 0 spiro atoms. The van der Waals surface area contributed by atoms with Crippen molar-refractivity contribution in [3.05, 3.63) is 29.8 Å². The number of hydrogen-bond acceptors (Lipinski definition) is 3. The molecule has 2 atom stereocenters. The molecule has 3 nitrogen and oxygen atoms in total. The van der Waals surface area contributed by atoms with E-state index in [-0.39, 0.29) is 12.6 Å². The van der Waals surface area contributed by atoms with E-state index in [4.69, 9.17) is 0 Å². The Morgan fingerprint density at radius 2 is 2.06 bits per heavy atom. The van der Waals surface area contributed by atoms with Crippen molar-refractivity contribution in [3.63, 3.8) is 0 Å². The van der Waals surface area contributed by atoms with Crippen LogP contribution >= 0.6 is 0 Å². The summed E-state index contributed by atoms with van der Waals surface area (Å²) in [5, 5.41) is 19.4. The highest BCUT2D eigenvalue weighted by molar-refractivity contribution is 5.55. The van der Waals surface area contributed by atoms with Crippen LogP contribution in [0.1, 0.15) is 44.3 Å². The Bertz CT molecular complexity index is 379. The molecule has 1 aromatic rings. The molecule has 2 N–H and O–H groups in total. The smallest absolute Gasteiger partial charge is 0.0781 e. The average molecular weight is 249 g/mol. The Morgan fingerprint density at radius 3 is 2.78 bits per heavy atom. The number of benzene rings is 1. The molecule has 0 radical (unpaired) electrons. The second kappa shape index (κ2) is 6.21. The second-order valence-corrected chi connectivity index (χ2v) is 5.11. The van der Waals surface area contributed by atoms with Gasteiger partial charge in [-0.2, -0.15) is 0 Å². The maximum Gasteiger partial charge on any atom is 0.0781 e. The lowest BCUT2D eigenvalue weighted by Gasteiger charge is -2.33. The van der Waals surface area contributed by atoms with Gasteiger partial charge in [0.15, 0.2) is 0 Å². The van der Waals surface area contributed by atoms with Gasteiger partial charge in [-0.1, -0.05) is 31.0 Å². The summed E-state index contributed by atoms with van der Waals surface area (Å²) < 4.78 is 0. The summed E-state index contributed by atoms with van der Waals surface area (Å²) in [6.45, 7) is 2.95. The first-order valence-corrected chi connectivity index (χ1v) is 6.88. The fraction of sp³-hybridized carbons (Fsp3) is 0.600. The fourth-order valence-electron chi connectivity index (χ4n) is 2.79. The van der Waals surface area contributed by atoms with Gasteiger partial charge in [0.05, 0.1) is 18.8 Å².